The van der Waals surface area contributed by atoms with E-state index in [9.17, 15) is 14.7 Å². The van der Waals surface area contributed by atoms with Crippen LogP contribution < -0.4 is 0 Å². The van der Waals surface area contributed by atoms with Crippen LogP contribution in [0.15, 0.2) is 63.6 Å². The maximum absolute atomic E-state index is 14.1. The Balaban J connectivity index is 1.14. The SMILES string of the molecule is CCCC1=C2[C@@H](CC/C(=C/c3ccc(CO)o3)CCC)OC[C@@H]2[C@@H]2C(=O)N(C3CCN(Cc4ccccc4)CC3)C(=O)[C@@H]2C1. The summed E-state index contributed by atoms with van der Waals surface area (Å²) < 4.78 is 12.2. The van der Waals surface area contributed by atoms with Crippen LogP contribution in [-0.4, -0.2) is 58.6 Å². The zero-order valence-corrected chi connectivity index (χ0v) is 26.4. The summed E-state index contributed by atoms with van der Waals surface area (Å²) in [6.45, 7) is 7.52. The topological polar surface area (TPSA) is 83.2 Å². The Hall–Kier alpha value is -3.00. The van der Waals surface area contributed by atoms with Gasteiger partial charge >= 0.3 is 0 Å². The van der Waals surface area contributed by atoms with Crippen molar-refractivity contribution in [2.45, 2.75) is 96.9 Å². The first-order valence-electron chi connectivity index (χ1n) is 16.9. The standard InChI is InChI=1S/C37H48N2O5/c1-3-8-25(20-29-13-14-30(23-40)44-29)12-15-33-34-27(9-4-2)21-31-35(32(34)24-43-33)37(42)39(36(31)41)28-16-18-38(19-17-28)22-26-10-6-5-7-11-26/h5-7,10-11,13-14,20,28,31-33,35,40H,3-4,8-9,12,15-19,21-24H2,1-2H3/b25-20+/t31-,32+,33-,35-/m1/s1. The lowest BCUT2D eigenvalue weighted by molar-refractivity contribution is -0.144. The van der Waals surface area contributed by atoms with E-state index in [-0.39, 0.29) is 48.3 Å². The molecule has 2 amide bonds. The van der Waals surface area contributed by atoms with Crippen molar-refractivity contribution in [1.29, 1.82) is 0 Å². The fourth-order valence-electron chi connectivity index (χ4n) is 8.24. The number of hydrogen-bond donors (Lipinski definition) is 1. The number of amides is 2. The number of furan rings is 1. The van der Waals surface area contributed by atoms with Gasteiger partial charge in [-0.3, -0.25) is 19.4 Å². The van der Waals surface area contributed by atoms with Crippen LogP contribution in [0, 0.1) is 17.8 Å². The van der Waals surface area contributed by atoms with Gasteiger partial charge in [-0.1, -0.05) is 68.2 Å². The highest BCUT2D eigenvalue weighted by Gasteiger charge is 2.58. The van der Waals surface area contributed by atoms with E-state index >= 15 is 0 Å². The Bertz CT molecular complexity index is 1370. The maximum Gasteiger partial charge on any atom is 0.234 e. The van der Waals surface area contributed by atoms with E-state index in [4.69, 9.17) is 9.15 Å². The van der Waals surface area contributed by atoms with Crippen LogP contribution in [0.5, 0.6) is 0 Å². The Morgan fingerprint density at radius 2 is 1.77 bits per heavy atom. The molecule has 1 aromatic heterocycles. The minimum atomic E-state index is -0.281. The molecule has 2 aromatic rings. The van der Waals surface area contributed by atoms with E-state index in [1.165, 1.54) is 22.3 Å². The first kappa shape index (κ1) is 31.0. The number of ether oxygens (including phenoxy) is 1. The van der Waals surface area contributed by atoms with Crippen molar-refractivity contribution in [2.75, 3.05) is 19.7 Å². The third-order valence-electron chi connectivity index (χ3n) is 10.2. The fourth-order valence-corrected chi connectivity index (χ4v) is 8.24. The van der Waals surface area contributed by atoms with Crippen LogP contribution in [-0.2, 0) is 27.5 Å². The number of carbonyl (C=O) groups excluding carboxylic acids is 2. The highest BCUT2D eigenvalue weighted by atomic mass is 16.5. The molecule has 3 saturated heterocycles. The zero-order valence-electron chi connectivity index (χ0n) is 26.4. The molecule has 7 nitrogen and oxygen atoms in total. The lowest BCUT2D eigenvalue weighted by atomic mass is 9.68. The first-order valence-corrected chi connectivity index (χ1v) is 16.9. The second-order valence-electron chi connectivity index (χ2n) is 13.2. The molecule has 4 atom stereocenters. The average Bonchev–Trinajstić information content (AvgIpc) is 3.74. The van der Waals surface area contributed by atoms with Gasteiger partial charge in [0.05, 0.1) is 24.5 Å². The van der Waals surface area contributed by atoms with Crippen molar-refractivity contribution >= 4 is 17.9 Å². The number of benzene rings is 1. The van der Waals surface area contributed by atoms with Crippen LogP contribution in [0.4, 0.5) is 0 Å². The highest BCUT2D eigenvalue weighted by Crippen LogP contribution is 2.51. The van der Waals surface area contributed by atoms with Gasteiger partial charge in [0.25, 0.3) is 0 Å². The number of aliphatic hydroxyl groups excluding tert-OH is 1. The lowest BCUT2D eigenvalue weighted by Gasteiger charge is -2.36. The van der Waals surface area contributed by atoms with Gasteiger partial charge in [0, 0.05) is 31.6 Å². The van der Waals surface area contributed by atoms with Crippen molar-refractivity contribution in [2.24, 2.45) is 17.8 Å². The minimum Gasteiger partial charge on any atom is -0.459 e. The first-order chi connectivity index (χ1) is 21.5. The normalized spacial score (nSPS) is 26.5. The van der Waals surface area contributed by atoms with E-state index in [0.29, 0.717) is 18.8 Å². The monoisotopic (exact) mass is 600 g/mol. The van der Waals surface area contributed by atoms with Gasteiger partial charge in [0.1, 0.15) is 18.1 Å². The third-order valence-corrected chi connectivity index (χ3v) is 10.2. The van der Waals surface area contributed by atoms with Gasteiger partial charge in [-0.05, 0) is 74.3 Å². The van der Waals surface area contributed by atoms with Gasteiger partial charge in [-0.2, -0.15) is 0 Å². The second-order valence-corrected chi connectivity index (χ2v) is 13.2. The van der Waals surface area contributed by atoms with E-state index in [0.717, 1.165) is 76.8 Å². The molecule has 0 saturated carbocycles. The molecular formula is C37H48N2O5. The molecule has 4 aliphatic rings. The molecule has 4 heterocycles. The third kappa shape index (κ3) is 6.37. The number of hydrogen-bond acceptors (Lipinski definition) is 6. The van der Waals surface area contributed by atoms with Gasteiger partial charge in [0.2, 0.25) is 11.8 Å². The van der Waals surface area contributed by atoms with Crippen LogP contribution in [0.1, 0.15) is 88.7 Å². The van der Waals surface area contributed by atoms with Gasteiger partial charge in [0.15, 0.2) is 0 Å². The molecule has 0 spiro atoms. The maximum atomic E-state index is 14.1. The number of likely N-dealkylation sites (tertiary alicyclic amines) is 2. The number of carbonyl (C=O) groups is 2. The van der Waals surface area contributed by atoms with Gasteiger partial charge in [-0.15, -0.1) is 0 Å². The molecule has 3 aliphatic heterocycles. The number of allylic oxidation sites excluding steroid dienone is 2. The summed E-state index contributed by atoms with van der Waals surface area (Å²) in [5.74, 6) is 0.946. The smallest absolute Gasteiger partial charge is 0.234 e. The predicted octanol–water partition coefficient (Wildman–Crippen LogP) is 6.52. The van der Waals surface area contributed by atoms with Crippen LogP contribution in [0.3, 0.4) is 0 Å². The Morgan fingerprint density at radius 1 is 0.977 bits per heavy atom. The highest BCUT2D eigenvalue weighted by molar-refractivity contribution is 6.06. The minimum absolute atomic E-state index is 0.00138. The van der Waals surface area contributed by atoms with Crippen molar-refractivity contribution in [3.8, 4) is 0 Å². The quantitative estimate of drug-likeness (QED) is 0.221. The summed E-state index contributed by atoms with van der Waals surface area (Å²) in [6, 6.07) is 14.2. The van der Waals surface area contributed by atoms with Crippen molar-refractivity contribution < 1.29 is 23.8 Å². The molecule has 6 rings (SSSR count). The summed E-state index contributed by atoms with van der Waals surface area (Å²) in [5, 5.41) is 9.38. The van der Waals surface area contributed by atoms with Crippen molar-refractivity contribution in [3.63, 3.8) is 0 Å². The number of fused-ring (bicyclic) bond motifs is 3. The Kier molecular flexibility index (Phi) is 9.84. The van der Waals surface area contributed by atoms with Gasteiger partial charge < -0.3 is 14.3 Å². The lowest BCUT2D eigenvalue weighted by Crippen LogP contribution is -2.47. The molecule has 0 bridgehead atoms. The van der Waals surface area contributed by atoms with E-state index in [1.54, 1.807) is 4.90 Å². The van der Waals surface area contributed by atoms with Crippen LogP contribution >= 0.6 is 0 Å². The molecule has 236 valence electrons. The summed E-state index contributed by atoms with van der Waals surface area (Å²) in [6.07, 6.45) is 10.2. The molecule has 44 heavy (non-hydrogen) atoms. The number of imide groups is 1. The number of nitrogens with zero attached hydrogens (tertiary/aromatic N) is 2. The summed E-state index contributed by atoms with van der Waals surface area (Å²) >= 11 is 0. The zero-order chi connectivity index (χ0) is 30.6. The van der Waals surface area contributed by atoms with Crippen molar-refractivity contribution in [3.05, 3.63) is 76.3 Å². The van der Waals surface area contributed by atoms with E-state index in [2.05, 4.69) is 49.1 Å². The molecule has 1 aromatic carbocycles. The Morgan fingerprint density at radius 3 is 2.48 bits per heavy atom. The van der Waals surface area contributed by atoms with Crippen LogP contribution in [0.25, 0.3) is 6.08 Å². The Labute approximate surface area is 261 Å². The molecule has 1 aliphatic carbocycles. The summed E-state index contributed by atoms with van der Waals surface area (Å²) in [4.78, 5) is 32.2. The molecule has 1 N–H and O–H groups in total. The molecule has 3 fully saturated rings. The largest absolute Gasteiger partial charge is 0.459 e. The van der Waals surface area contributed by atoms with Crippen LogP contribution in [0.2, 0.25) is 0 Å². The number of piperidine rings is 1. The fraction of sp³-hybridized carbons (Fsp3) is 0.568. The molecule has 0 unspecified atom stereocenters. The molecule has 7 heteroatoms. The van der Waals surface area contributed by atoms with E-state index < -0.39 is 0 Å². The average molecular weight is 601 g/mol. The molecular weight excluding hydrogens is 552 g/mol. The number of rotatable bonds is 12. The second kappa shape index (κ2) is 14.0. The summed E-state index contributed by atoms with van der Waals surface area (Å²) in [7, 11) is 0. The molecule has 0 radical (unpaired) electrons. The van der Waals surface area contributed by atoms with Gasteiger partial charge in [-0.25, -0.2) is 0 Å². The summed E-state index contributed by atoms with van der Waals surface area (Å²) in [5.41, 5.74) is 5.30. The van der Waals surface area contributed by atoms with Crippen molar-refractivity contribution in [1.82, 2.24) is 9.80 Å². The number of aliphatic hydroxyl groups is 1. The van der Waals surface area contributed by atoms with E-state index in [1.807, 2.05) is 18.2 Å². The predicted molar refractivity (Wildman–Crippen MR) is 170 cm³/mol.